The van der Waals surface area contributed by atoms with Crippen LogP contribution in [0.1, 0.15) is 47.1 Å². The average Bonchev–Trinajstić information content (AvgIpc) is 3.54. The Morgan fingerprint density at radius 2 is 1.91 bits per heavy atom. The molecule has 0 radical (unpaired) electrons. The topological polar surface area (TPSA) is 62.8 Å². The van der Waals surface area contributed by atoms with Gasteiger partial charge in [0, 0.05) is 29.6 Å². The molecule has 7 heteroatoms. The lowest BCUT2D eigenvalue weighted by molar-refractivity contribution is 0.0911. The number of nitrogens with zero attached hydrogens (tertiary/aromatic N) is 3. The third kappa shape index (κ3) is 5.15. The highest BCUT2D eigenvalue weighted by atomic mass is 32.2. The molecule has 0 bridgehead atoms. The summed E-state index contributed by atoms with van der Waals surface area (Å²) in [6.45, 7) is 2.59. The third-order valence-electron chi connectivity index (χ3n) is 6.08. The van der Waals surface area contributed by atoms with E-state index in [0.29, 0.717) is 17.9 Å². The van der Waals surface area contributed by atoms with Gasteiger partial charge in [-0.3, -0.25) is 9.69 Å². The fourth-order valence-electron chi connectivity index (χ4n) is 4.39. The van der Waals surface area contributed by atoms with Gasteiger partial charge in [-0.2, -0.15) is 0 Å². The third-order valence-corrected chi connectivity index (χ3v) is 7.19. The van der Waals surface area contributed by atoms with Gasteiger partial charge in [-0.1, -0.05) is 24.6 Å². The highest BCUT2D eigenvalue weighted by Gasteiger charge is 2.25. The Morgan fingerprint density at radius 1 is 1.06 bits per heavy atom. The Balaban J connectivity index is 1.26. The fraction of sp³-hybridized carbons (Fsp3) is 0.308. The number of piperidine rings is 1. The van der Waals surface area contributed by atoms with Gasteiger partial charge in [-0.15, -0.1) is 11.8 Å². The summed E-state index contributed by atoms with van der Waals surface area (Å²) < 4.78 is 7.73. The van der Waals surface area contributed by atoms with Gasteiger partial charge in [-0.05, 0) is 62.3 Å². The number of fused-ring (bicyclic) bond motifs is 1. The number of likely N-dealkylation sites (tertiary alicyclic amines) is 1. The number of carbonyl (C=O) groups excluding carboxylic acids is 1. The van der Waals surface area contributed by atoms with Crippen LogP contribution in [0.4, 0.5) is 0 Å². The van der Waals surface area contributed by atoms with Gasteiger partial charge in [0.15, 0.2) is 0 Å². The van der Waals surface area contributed by atoms with Gasteiger partial charge in [-0.25, -0.2) is 4.98 Å². The zero-order valence-corrected chi connectivity index (χ0v) is 19.3. The largest absolute Gasteiger partial charge is 0.468 e. The van der Waals surface area contributed by atoms with Crippen molar-refractivity contribution < 1.29 is 9.21 Å². The number of benzene rings is 1. The quantitative estimate of drug-likeness (QED) is 0.367. The minimum Gasteiger partial charge on any atom is -0.468 e. The van der Waals surface area contributed by atoms with E-state index in [1.807, 2.05) is 71.4 Å². The fourth-order valence-corrected chi connectivity index (χ4v) is 5.33. The summed E-state index contributed by atoms with van der Waals surface area (Å²) in [5.74, 6) is 1.56. The Labute approximate surface area is 198 Å². The van der Waals surface area contributed by atoms with Crippen molar-refractivity contribution in [1.82, 2.24) is 19.6 Å². The maximum Gasteiger partial charge on any atom is 0.252 e. The lowest BCUT2D eigenvalue weighted by Gasteiger charge is -2.33. The maximum absolute atomic E-state index is 13.2. The summed E-state index contributed by atoms with van der Waals surface area (Å²) >= 11 is 1.64. The van der Waals surface area contributed by atoms with Gasteiger partial charge < -0.3 is 14.1 Å². The highest BCUT2D eigenvalue weighted by Crippen LogP contribution is 2.27. The number of imidazole rings is 1. The van der Waals surface area contributed by atoms with Crippen molar-refractivity contribution in [2.45, 2.75) is 36.0 Å². The number of pyridine rings is 1. The van der Waals surface area contributed by atoms with E-state index in [1.54, 1.807) is 18.0 Å². The first-order valence-corrected chi connectivity index (χ1v) is 12.5. The molecule has 1 atom stereocenters. The summed E-state index contributed by atoms with van der Waals surface area (Å²) in [5, 5.41) is 3.17. The molecule has 6 nitrogen and oxygen atoms in total. The number of furan rings is 1. The van der Waals surface area contributed by atoms with Gasteiger partial charge in [0.1, 0.15) is 11.4 Å². The molecule has 5 rings (SSSR count). The molecule has 1 fully saturated rings. The Bertz CT molecular complexity index is 1160. The van der Waals surface area contributed by atoms with Gasteiger partial charge in [0.25, 0.3) is 5.91 Å². The van der Waals surface area contributed by atoms with Crippen LogP contribution in [0.15, 0.2) is 82.6 Å². The van der Waals surface area contributed by atoms with E-state index in [9.17, 15) is 4.79 Å². The first-order chi connectivity index (χ1) is 16.3. The van der Waals surface area contributed by atoms with E-state index in [1.165, 1.54) is 19.3 Å². The minimum atomic E-state index is -0.0540. The first kappa shape index (κ1) is 21.8. The number of hydrogen-bond acceptors (Lipinski definition) is 5. The lowest BCUT2D eigenvalue weighted by Crippen LogP contribution is -2.40. The van der Waals surface area contributed by atoms with E-state index in [-0.39, 0.29) is 11.9 Å². The molecule has 1 unspecified atom stereocenters. The van der Waals surface area contributed by atoms with Gasteiger partial charge >= 0.3 is 0 Å². The molecule has 1 aromatic carbocycles. The monoisotopic (exact) mass is 460 g/mol. The van der Waals surface area contributed by atoms with Crippen LogP contribution in [0.25, 0.3) is 5.65 Å². The number of aromatic nitrogens is 2. The Kier molecular flexibility index (Phi) is 6.79. The second kappa shape index (κ2) is 10.3. The van der Waals surface area contributed by atoms with Crippen LogP contribution < -0.4 is 5.32 Å². The molecule has 3 aromatic heterocycles. The summed E-state index contributed by atoms with van der Waals surface area (Å²) in [7, 11) is 0. The Morgan fingerprint density at radius 3 is 2.73 bits per heavy atom. The van der Waals surface area contributed by atoms with E-state index in [4.69, 9.17) is 4.42 Å². The van der Waals surface area contributed by atoms with Crippen LogP contribution >= 0.6 is 11.8 Å². The van der Waals surface area contributed by atoms with E-state index < -0.39 is 0 Å². The second-order valence-electron chi connectivity index (χ2n) is 8.32. The van der Waals surface area contributed by atoms with E-state index >= 15 is 0 Å². The molecule has 0 aliphatic carbocycles. The number of hydrogen-bond donors (Lipinski definition) is 1. The summed E-state index contributed by atoms with van der Waals surface area (Å²) in [5.41, 5.74) is 2.62. The molecule has 0 saturated carbocycles. The highest BCUT2D eigenvalue weighted by molar-refractivity contribution is 7.98. The van der Waals surface area contributed by atoms with Crippen LogP contribution in [0.3, 0.4) is 0 Å². The standard InChI is InChI=1S/C26H28N4O2S/c31-26(27-17-22(23-10-8-16-32-23)29-13-5-1-6-14-29)21-9-2-3-11-24(21)33-19-20-18-30-15-7-4-12-25(30)28-20/h2-4,7-12,15-16,18,22H,1,5-6,13-14,17,19H2,(H,27,31). The molecule has 4 heterocycles. The van der Waals surface area contributed by atoms with Crippen molar-refractivity contribution in [3.8, 4) is 0 Å². The Hall–Kier alpha value is -3.03. The second-order valence-corrected chi connectivity index (χ2v) is 9.34. The number of thioether (sulfide) groups is 1. The summed E-state index contributed by atoms with van der Waals surface area (Å²) in [6, 6.07) is 17.7. The van der Waals surface area contributed by atoms with Crippen molar-refractivity contribution in [3.05, 3.63) is 90.3 Å². The zero-order valence-electron chi connectivity index (χ0n) is 18.5. The molecular weight excluding hydrogens is 432 g/mol. The van der Waals surface area contributed by atoms with Crippen LogP contribution in [0.5, 0.6) is 0 Å². The van der Waals surface area contributed by atoms with Crippen LogP contribution in [0.2, 0.25) is 0 Å². The predicted molar refractivity (Wildman–Crippen MR) is 130 cm³/mol. The molecule has 33 heavy (non-hydrogen) atoms. The molecule has 0 spiro atoms. The van der Waals surface area contributed by atoms with Crippen molar-refractivity contribution in [3.63, 3.8) is 0 Å². The molecule has 1 aliphatic rings. The number of nitrogens with one attached hydrogen (secondary N) is 1. The summed E-state index contributed by atoms with van der Waals surface area (Å²) in [6.07, 6.45) is 9.39. The van der Waals surface area contributed by atoms with Crippen LogP contribution in [-0.4, -0.2) is 39.8 Å². The van der Waals surface area contributed by atoms with Crippen molar-refractivity contribution in [2.24, 2.45) is 0 Å². The van der Waals surface area contributed by atoms with Crippen LogP contribution in [0, 0.1) is 0 Å². The molecular formula is C26H28N4O2S. The zero-order chi connectivity index (χ0) is 22.5. The number of amides is 1. The lowest BCUT2D eigenvalue weighted by atomic mass is 10.1. The van der Waals surface area contributed by atoms with Crippen molar-refractivity contribution in [2.75, 3.05) is 19.6 Å². The van der Waals surface area contributed by atoms with Crippen molar-refractivity contribution in [1.29, 1.82) is 0 Å². The number of rotatable bonds is 8. The molecule has 170 valence electrons. The molecule has 1 saturated heterocycles. The number of carbonyl (C=O) groups is 1. The van der Waals surface area contributed by atoms with E-state index in [2.05, 4.69) is 15.2 Å². The molecule has 1 N–H and O–H groups in total. The normalized spacial score (nSPS) is 15.5. The van der Waals surface area contributed by atoms with Gasteiger partial charge in [0.05, 0.1) is 23.6 Å². The van der Waals surface area contributed by atoms with E-state index in [0.717, 1.165) is 35.1 Å². The van der Waals surface area contributed by atoms with Gasteiger partial charge in [0.2, 0.25) is 0 Å². The SMILES string of the molecule is O=C(NCC(c1ccco1)N1CCCCC1)c1ccccc1SCc1cn2ccccc2n1. The first-order valence-electron chi connectivity index (χ1n) is 11.5. The average molecular weight is 461 g/mol. The van der Waals surface area contributed by atoms with Crippen molar-refractivity contribution >= 4 is 23.3 Å². The molecule has 1 amide bonds. The van der Waals surface area contributed by atoms with Crippen LogP contribution in [-0.2, 0) is 5.75 Å². The molecule has 4 aromatic rings. The minimum absolute atomic E-state index is 0.0540. The predicted octanol–water partition coefficient (Wildman–Crippen LogP) is 5.18. The summed E-state index contributed by atoms with van der Waals surface area (Å²) in [4.78, 5) is 21.2. The maximum atomic E-state index is 13.2. The molecule has 1 aliphatic heterocycles. The smallest absolute Gasteiger partial charge is 0.252 e.